The van der Waals surface area contributed by atoms with Gasteiger partial charge in [-0.1, -0.05) is 17.7 Å². The predicted molar refractivity (Wildman–Crippen MR) is 177 cm³/mol. The number of nitrogens with zero attached hydrogens (tertiary/aromatic N) is 6. The van der Waals surface area contributed by atoms with Crippen molar-refractivity contribution in [3.8, 4) is 11.5 Å². The zero-order valence-corrected chi connectivity index (χ0v) is 27.6. The Balaban J connectivity index is 1.59. The highest BCUT2D eigenvalue weighted by molar-refractivity contribution is 7.91. The number of aromatic carboxylic acids is 1. The van der Waals surface area contributed by atoms with Gasteiger partial charge in [-0.15, -0.1) is 15.3 Å². The largest absolute Gasteiger partial charge is 0.505 e. The van der Waals surface area contributed by atoms with Crippen LogP contribution < -0.4 is 5.32 Å². The Morgan fingerprint density at radius 3 is 1.92 bits per heavy atom. The van der Waals surface area contributed by atoms with Crippen molar-refractivity contribution in [2.24, 2.45) is 30.7 Å². The number of carboxylic acids is 1. The number of anilines is 1. The van der Waals surface area contributed by atoms with Gasteiger partial charge in [0.2, 0.25) is 5.91 Å². The Morgan fingerprint density at radius 2 is 1.32 bits per heavy atom. The predicted octanol–water partition coefficient (Wildman–Crippen LogP) is 6.90. The van der Waals surface area contributed by atoms with Crippen molar-refractivity contribution in [1.29, 1.82) is 0 Å². The maximum absolute atomic E-state index is 12.4. The van der Waals surface area contributed by atoms with E-state index in [1.54, 1.807) is 24.3 Å². The molecule has 0 spiro atoms. The van der Waals surface area contributed by atoms with Gasteiger partial charge in [-0.2, -0.15) is 23.8 Å². The Kier molecular flexibility index (Phi) is 11.4. The summed E-state index contributed by atoms with van der Waals surface area (Å²) in [6.45, 7) is 2.32. The van der Waals surface area contributed by atoms with Crippen LogP contribution in [0.25, 0.3) is 0 Å². The first-order valence-corrected chi connectivity index (χ1v) is 17.0. The van der Waals surface area contributed by atoms with E-state index in [2.05, 4.69) is 40.2 Å². The van der Waals surface area contributed by atoms with Gasteiger partial charge in [0, 0.05) is 6.92 Å². The van der Waals surface area contributed by atoms with Crippen LogP contribution >= 0.6 is 0 Å². The number of phenols is 2. The highest BCUT2D eigenvalue weighted by atomic mass is 32.3. The average molecular weight is 726 g/mol. The molecule has 20 heteroatoms. The molecular formula is C30H27N7O11S2. The normalized spacial score (nSPS) is 12.2. The number of aryl methyl sites for hydroxylation is 1. The van der Waals surface area contributed by atoms with Gasteiger partial charge in [0.1, 0.15) is 17.1 Å². The standard InChI is InChI=1S/C30H27N7O11S2/c1-17-3-5-19(6-4-17)33-36-27-23(30(41)42)16-26(39)28(29(27)40)37-34-21-9-12-24(25(15-21)31-18(2)38)35-32-20-7-10-22(11-8-20)49(43,44)14-13-48-50(45,46)47/h3-12,15-16,39-40H,13-14H2,1-2H3,(H,31,38)(H,41,42)(H,45,46,47). The van der Waals surface area contributed by atoms with Crippen LogP contribution in [-0.4, -0.2) is 60.9 Å². The summed E-state index contributed by atoms with van der Waals surface area (Å²) < 4.78 is 58.7. The highest BCUT2D eigenvalue weighted by Crippen LogP contribution is 2.47. The summed E-state index contributed by atoms with van der Waals surface area (Å²) in [6.07, 6.45) is 0. The summed E-state index contributed by atoms with van der Waals surface area (Å²) in [5, 5.41) is 57.3. The summed E-state index contributed by atoms with van der Waals surface area (Å²) in [6, 6.07) is 16.9. The van der Waals surface area contributed by atoms with Crippen LogP contribution in [0.3, 0.4) is 0 Å². The maximum atomic E-state index is 12.4. The van der Waals surface area contributed by atoms with E-state index in [1.165, 1.54) is 49.4 Å². The van der Waals surface area contributed by atoms with Crippen molar-refractivity contribution in [3.05, 3.63) is 83.9 Å². The number of hydrogen-bond donors (Lipinski definition) is 5. The first-order valence-electron chi connectivity index (χ1n) is 14.0. The molecule has 0 aromatic heterocycles. The molecule has 0 bridgehead atoms. The molecular weight excluding hydrogens is 699 g/mol. The van der Waals surface area contributed by atoms with Crippen LogP contribution in [0.15, 0.2) is 108 Å². The lowest BCUT2D eigenvalue weighted by atomic mass is 10.1. The molecule has 0 aliphatic rings. The van der Waals surface area contributed by atoms with Crippen LogP contribution in [0.5, 0.6) is 11.5 Å². The van der Waals surface area contributed by atoms with Crippen LogP contribution in [0.1, 0.15) is 22.8 Å². The molecule has 0 aliphatic carbocycles. The molecule has 18 nitrogen and oxygen atoms in total. The lowest BCUT2D eigenvalue weighted by Gasteiger charge is -2.08. The molecule has 50 heavy (non-hydrogen) atoms. The van der Waals surface area contributed by atoms with Gasteiger partial charge in [0.05, 0.1) is 45.6 Å². The molecule has 4 rings (SSSR count). The van der Waals surface area contributed by atoms with Crippen molar-refractivity contribution in [2.75, 3.05) is 17.7 Å². The molecule has 4 aromatic carbocycles. The van der Waals surface area contributed by atoms with Crippen LogP contribution in [0, 0.1) is 6.92 Å². The monoisotopic (exact) mass is 725 g/mol. The van der Waals surface area contributed by atoms with Gasteiger partial charge in [-0.05, 0) is 67.6 Å². The first-order chi connectivity index (χ1) is 23.5. The number of carboxylic acid groups (broad SMARTS) is 1. The number of aromatic hydroxyl groups is 2. The summed E-state index contributed by atoms with van der Waals surface area (Å²) in [5.74, 6) is -4.21. The van der Waals surface area contributed by atoms with Gasteiger partial charge in [0.25, 0.3) is 0 Å². The number of rotatable bonds is 13. The zero-order chi connectivity index (χ0) is 36.6. The first kappa shape index (κ1) is 36.9. The van der Waals surface area contributed by atoms with E-state index in [0.717, 1.165) is 11.6 Å². The molecule has 5 N–H and O–H groups in total. The number of phenolic OH excluding ortho intramolecular Hbond substituents is 2. The number of carbonyl (C=O) groups is 2. The van der Waals surface area contributed by atoms with E-state index in [0.29, 0.717) is 5.69 Å². The molecule has 260 valence electrons. The smallest absolute Gasteiger partial charge is 0.397 e. The third kappa shape index (κ3) is 10.0. The van der Waals surface area contributed by atoms with E-state index in [1.807, 2.05) is 6.92 Å². The summed E-state index contributed by atoms with van der Waals surface area (Å²) in [7, 11) is -8.75. The summed E-state index contributed by atoms with van der Waals surface area (Å²) in [4.78, 5) is 23.5. The minimum absolute atomic E-state index is 0.101. The van der Waals surface area contributed by atoms with E-state index in [-0.39, 0.29) is 27.6 Å². The van der Waals surface area contributed by atoms with E-state index in [4.69, 9.17) is 4.55 Å². The van der Waals surface area contributed by atoms with Crippen LogP contribution in [0.2, 0.25) is 0 Å². The fraction of sp³-hybridized carbons (Fsp3) is 0.133. The van der Waals surface area contributed by atoms with Gasteiger partial charge >= 0.3 is 16.4 Å². The minimum atomic E-state index is -4.79. The van der Waals surface area contributed by atoms with Crippen molar-refractivity contribution in [1.82, 2.24) is 0 Å². The van der Waals surface area contributed by atoms with Gasteiger partial charge in [-0.25, -0.2) is 17.4 Å². The molecule has 1 amide bonds. The average Bonchev–Trinajstić information content (AvgIpc) is 3.03. The molecule has 0 unspecified atom stereocenters. The molecule has 0 atom stereocenters. The summed E-state index contributed by atoms with van der Waals surface area (Å²) in [5.41, 5.74) is 0.385. The van der Waals surface area contributed by atoms with Gasteiger partial charge in [0.15, 0.2) is 21.3 Å². The number of carbonyl (C=O) groups excluding carboxylic acids is 1. The molecule has 4 aromatic rings. The van der Waals surface area contributed by atoms with Gasteiger partial charge < -0.3 is 20.6 Å². The Morgan fingerprint density at radius 1 is 0.760 bits per heavy atom. The van der Waals surface area contributed by atoms with Crippen molar-refractivity contribution >= 4 is 71.9 Å². The Hall–Kier alpha value is -5.96. The Labute approximate surface area is 284 Å². The number of hydrogen-bond acceptors (Lipinski definition) is 15. The van der Waals surface area contributed by atoms with E-state index < -0.39 is 72.9 Å². The van der Waals surface area contributed by atoms with Crippen LogP contribution in [0.4, 0.5) is 39.8 Å². The highest BCUT2D eigenvalue weighted by Gasteiger charge is 2.22. The minimum Gasteiger partial charge on any atom is -0.505 e. The zero-order valence-electron chi connectivity index (χ0n) is 26.0. The van der Waals surface area contributed by atoms with Crippen molar-refractivity contribution < 1.29 is 50.5 Å². The fourth-order valence-electron chi connectivity index (χ4n) is 3.99. The van der Waals surface area contributed by atoms with Crippen LogP contribution in [-0.2, 0) is 29.2 Å². The van der Waals surface area contributed by atoms with Crippen molar-refractivity contribution in [3.63, 3.8) is 0 Å². The lowest BCUT2D eigenvalue weighted by Crippen LogP contribution is -2.15. The second-order valence-corrected chi connectivity index (χ2v) is 13.4. The summed E-state index contributed by atoms with van der Waals surface area (Å²) >= 11 is 0. The number of benzene rings is 4. The second kappa shape index (κ2) is 15.5. The second-order valence-electron chi connectivity index (χ2n) is 10.2. The fourth-order valence-corrected chi connectivity index (χ4v) is 5.47. The number of nitrogens with one attached hydrogen (secondary N) is 1. The Bertz CT molecular complexity index is 2240. The van der Waals surface area contributed by atoms with Gasteiger partial charge in [-0.3, -0.25) is 9.35 Å². The molecule has 0 heterocycles. The third-order valence-electron chi connectivity index (χ3n) is 6.37. The molecule has 0 fully saturated rings. The molecule has 0 aliphatic heterocycles. The molecule has 0 radical (unpaired) electrons. The molecule has 0 saturated heterocycles. The van der Waals surface area contributed by atoms with Crippen molar-refractivity contribution in [2.45, 2.75) is 18.7 Å². The third-order valence-corrected chi connectivity index (χ3v) is 8.53. The lowest BCUT2D eigenvalue weighted by molar-refractivity contribution is -0.114. The topological polar surface area (TPSA) is 279 Å². The SMILES string of the molecule is CC(=O)Nc1cc(N=Nc2c(O)cc(C(=O)O)c(N=Nc3ccc(C)cc3)c2O)ccc1N=Nc1ccc(S(=O)(=O)CCOS(=O)(=O)O)cc1. The molecule has 0 saturated carbocycles. The number of azo groups is 3. The number of sulfone groups is 1. The van der Waals surface area contributed by atoms with E-state index >= 15 is 0 Å². The maximum Gasteiger partial charge on any atom is 0.397 e. The van der Waals surface area contributed by atoms with E-state index in [9.17, 15) is 41.7 Å². The number of amides is 1. The quantitative estimate of drug-likeness (QED) is 0.0697.